The van der Waals surface area contributed by atoms with Gasteiger partial charge in [0.15, 0.2) is 12.2 Å². The number of benzene rings is 1. The first-order valence-corrected chi connectivity index (χ1v) is 6.40. The minimum absolute atomic E-state index is 0.774. The van der Waals surface area contributed by atoms with E-state index in [1.807, 2.05) is 36.0 Å². The number of hydrogen-bond donors (Lipinski definition) is 1. The smallest absolute Gasteiger partial charge is 0.181 e. The number of rotatable bonds is 4. The summed E-state index contributed by atoms with van der Waals surface area (Å²) in [5, 5.41) is 3.36. The molecule has 1 aromatic carbocycles. The van der Waals surface area contributed by atoms with Crippen molar-refractivity contribution in [1.82, 2.24) is 9.97 Å². The number of oxazole rings is 1. The fourth-order valence-electron chi connectivity index (χ4n) is 1.66. The maximum Gasteiger partial charge on any atom is 0.181 e. The van der Waals surface area contributed by atoms with Crippen LogP contribution in [0.25, 0.3) is 11.3 Å². The van der Waals surface area contributed by atoms with Crippen LogP contribution in [0.15, 0.2) is 53.0 Å². The minimum atomic E-state index is 0.774. The Bertz CT molecular complexity index is 605. The van der Waals surface area contributed by atoms with E-state index in [1.165, 1.54) is 11.3 Å². The molecular formula is C13H11N3OS. The predicted octanol–water partition coefficient (Wildman–Crippen LogP) is 3.41. The first kappa shape index (κ1) is 11.0. The van der Waals surface area contributed by atoms with Crippen LogP contribution in [0, 0.1) is 0 Å². The van der Waals surface area contributed by atoms with Crippen LogP contribution in [0.2, 0.25) is 0 Å². The standard InChI is InChI=1S/C13H11N3OS/c1-2-10(13-7-14-8-17-13)4-11(3-1)16-6-12-5-15-9-18-12/h1-5,7-9,16H,6H2. The van der Waals surface area contributed by atoms with Crippen LogP contribution in [-0.4, -0.2) is 9.97 Å². The van der Waals surface area contributed by atoms with Crippen molar-refractivity contribution in [3.63, 3.8) is 0 Å². The minimum Gasteiger partial charge on any atom is -0.444 e. The lowest BCUT2D eigenvalue weighted by Gasteiger charge is -2.05. The van der Waals surface area contributed by atoms with E-state index in [0.717, 1.165) is 23.6 Å². The molecule has 0 aliphatic rings. The molecule has 2 heterocycles. The topological polar surface area (TPSA) is 51.0 Å². The number of thiazole rings is 1. The molecule has 0 bridgehead atoms. The lowest BCUT2D eigenvalue weighted by atomic mass is 10.1. The molecule has 0 saturated heterocycles. The van der Waals surface area contributed by atoms with Crippen molar-refractivity contribution in [2.75, 3.05) is 5.32 Å². The second kappa shape index (κ2) is 5.01. The SMILES string of the molecule is c1cc(NCc2cncs2)cc(-c2cnco2)c1. The highest BCUT2D eigenvalue weighted by molar-refractivity contribution is 7.09. The second-order valence-electron chi connectivity index (χ2n) is 3.77. The number of nitrogens with zero attached hydrogens (tertiary/aromatic N) is 2. The fraction of sp³-hybridized carbons (Fsp3) is 0.0769. The molecule has 0 saturated carbocycles. The highest BCUT2D eigenvalue weighted by Crippen LogP contribution is 2.22. The molecule has 5 heteroatoms. The zero-order valence-corrected chi connectivity index (χ0v) is 10.4. The molecule has 0 unspecified atom stereocenters. The molecule has 3 aromatic rings. The van der Waals surface area contributed by atoms with Crippen LogP contribution in [0.1, 0.15) is 4.88 Å². The van der Waals surface area contributed by atoms with Crippen molar-refractivity contribution in [1.29, 1.82) is 0 Å². The molecule has 0 spiro atoms. The van der Waals surface area contributed by atoms with Crippen molar-refractivity contribution in [3.8, 4) is 11.3 Å². The van der Waals surface area contributed by atoms with Crippen LogP contribution >= 0.6 is 11.3 Å². The molecule has 90 valence electrons. The summed E-state index contributed by atoms with van der Waals surface area (Å²) >= 11 is 1.64. The van der Waals surface area contributed by atoms with E-state index in [-0.39, 0.29) is 0 Å². The average Bonchev–Trinajstić information content (AvgIpc) is 3.10. The highest BCUT2D eigenvalue weighted by Gasteiger charge is 2.02. The molecule has 0 atom stereocenters. The molecule has 0 aliphatic carbocycles. The van der Waals surface area contributed by atoms with E-state index in [9.17, 15) is 0 Å². The maximum atomic E-state index is 5.28. The molecule has 0 amide bonds. The summed E-state index contributed by atoms with van der Waals surface area (Å²) in [6, 6.07) is 8.06. The Kier molecular flexibility index (Phi) is 3.06. The van der Waals surface area contributed by atoms with Gasteiger partial charge in [0.2, 0.25) is 0 Å². The second-order valence-corrected chi connectivity index (χ2v) is 4.74. The van der Waals surface area contributed by atoms with Gasteiger partial charge in [0.1, 0.15) is 0 Å². The number of nitrogens with one attached hydrogen (secondary N) is 1. The van der Waals surface area contributed by atoms with Crippen molar-refractivity contribution in [2.45, 2.75) is 6.54 Å². The van der Waals surface area contributed by atoms with Gasteiger partial charge in [-0.15, -0.1) is 11.3 Å². The van der Waals surface area contributed by atoms with Gasteiger partial charge in [-0.2, -0.15) is 0 Å². The van der Waals surface area contributed by atoms with Crippen molar-refractivity contribution < 1.29 is 4.42 Å². The molecule has 0 fully saturated rings. The normalized spacial score (nSPS) is 10.4. The summed E-state index contributed by atoms with van der Waals surface area (Å²) in [6.45, 7) is 0.782. The largest absolute Gasteiger partial charge is 0.444 e. The maximum absolute atomic E-state index is 5.28. The lowest BCUT2D eigenvalue weighted by molar-refractivity contribution is 0.572. The highest BCUT2D eigenvalue weighted by atomic mass is 32.1. The molecule has 1 N–H and O–H groups in total. The van der Waals surface area contributed by atoms with E-state index in [0.29, 0.717) is 0 Å². The van der Waals surface area contributed by atoms with Crippen molar-refractivity contribution in [3.05, 3.63) is 53.4 Å². The van der Waals surface area contributed by atoms with Crippen LogP contribution in [0.5, 0.6) is 0 Å². The summed E-state index contributed by atoms with van der Waals surface area (Å²) in [5.41, 5.74) is 3.90. The van der Waals surface area contributed by atoms with E-state index >= 15 is 0 Å². The van der Waals surface area contributed by atoms with Crippen LogP contribution in [0.3, 0.4) is 0 Å². The molecule has 3 rings (SSSR count). The van der Waals surface area contributed by atoms with Gasteiger partial charge in [0, 0.05) is 22.3 Å². The predicted molar refractivity (Wildman–Crippen MR) is 71.4 cm³/mol. The number of hydrogen-bond acceptors (Lipinski definition) is 5. The Balaban J connectivity index is 1.75. The van der Waals surface area contributed by atoms with E-state index in [4.69, 9.17) is 4.42 Å². The van der Waals surface area contributed by atoms with Crippen molar-refractivity contribution >= 4 is 17.0 Å². The number of aromatic nitrogens is 2. The van der Waals surface area contributed by atoms with Gasteiger partial charge in [-0.25, -0.2) is 4.98 Å². The average molecular weight is 257 g/mol. The zero-order chi connectivity index (χ0) is 12.2. The first-order chi connectivity index (χ1) is 8.92. The van der Waals surface area contributed by atoms with Crippen LogP contribution in [0.4, 0.5) is 5.69 Å². The first-order valence-electron chi connectivity index (χ1n) is 5.52. The number of anilines is 1. The van der Waals surface area contributed by atoms with Crippen molar-refractivity contribution in [2.24, 2.45) is 0 Å². The third-order valence-corrected chi connectivity index (χ3v) is 3.31. The fourth-order valence-corrected chi connectivity index (χ4v) is 2.19. The Labute approximate surface area is 108 Å². The van der Waals surface area contributed by atoms with Gasteiger partial charge < -0.3 is 9.73 Å². The monoisotopic (exact) mass is 257 g/mol. The van der Waals surface area contributed by atoms with Crippen LogP contribution < -0.4 is 5.32 Å². The third-order valence-electron chi connectivity index (χ3n) is 2.53. The Morgan fingerprint density at radius 1 is 1.22 bits per heavy atom. The van der Waals surface area contributed by atoms with Gasteiger partial charge in [-0.1, -0.05) is 12.1 Å². The summed E-state index contributed by atoms with van der Waals surface area (Å²) in [5.74, 6) is 0.774. The van der Waals surface area contributed by atoms with Gasteiger partial charge >= 0.3 is 0 Å². The molecule has 2 aromatic heterocycles. The summed E-state index contributed by atoms with van der Waals surface area (Å²) < 4.78 is 5.28. The van der Waals surface area contributed by atoms with E-state index in [1.54, 1.807) is 17.5 Å². The van der Waals surface area contributed by atoms with Gasteiger partial charge in [0.25, 0.3) is 0 Å². The summed E-state index contributed by atoms with van der Waals surface area (Å²) in [4.78, 5) is 9.18. The Morgan fingerprint density at radius 3 is 3.00 bits per heavy atom. The molecule has 0 radical (unpaired) electrons. The zero-order valence-electron chi connectivity index (χ0n) is 9.54. The Morgan fingerprint density at radius 2 is 2.22 bits per heavy atom. The lowest BCUT2D eigenvalue weighted by Crippen LogP contribution is -1.97. The molecule has 4 nitrogen and oxygen atoms in total. The van der Waals surface area contributed by atoms with Gasteiger partial charge in [-0.05, 0) is 12.1 Å². The van der Waals surface area contributed by atoms with E-state index < -0.39 is 0 Å². The molecule has 18 heavy (non-hydrogen) atoms. The van der Waals surface area contributed by atoms with Crippen LogP contribution in [-0.2, 0) is 6.54 Å². The van der Waals surface area contributed by atoms with Gasteiger partial charge in [0.05, 0.1) is 18.3 Å². The third kappa shape index (κ3) is 2.41. The molecule has 0 aliphatic heterocycles. The quantitative estimate of drug-likeness (QED) is 0.778. The summed E-state index contributed by atoms with van der Waals surface area (Å²) in [6.07, 6.45) is 5.02. The van der Waals surface area contributed by atoms with E-state index in [2.05, 4.69) is 15.3 Å². The Hall–Kier alpha value is -2.14. The van der Waals surface area contributed by atoms with Gasteiger partial charge in [-0.3, -0.25) is 4.98 Å². The molecular weight excluding hydrogens is 246 g/mol. The summed E-state index contributed by atoms with van der Waals surface area (Å²) in [7, 11) is 0.